The second-order valence-corrected chi connectivity index (χ2v) is 8.44. The maximum Gasteiger partial charge on any atom is 0.416 e. The van der Waals surface area contributed by atoms with Gasteiger partial charge < -0.3 is 10.6 Å². The number of hydrogen-bond donors (Lipinski definition) is 2. The highest BCUT2D eigenvalue weighted by Gasteiger charge is 2.30. The third-order valence-electron chi connectivity index (χ3n) is 4.69. The monoisotopic (exact) mass is 425 g/mol. The third kappa shape index (κ3) is 6.43. The minimum Gasteiger partial charge on any atom is -0.357 e. The number of guanidine groups is 1. The Morgan fingerprint density at radius 1 is 1.31 bits per heavy atom. The van der Waals surface area contributed by atoms with Crippen LogP contribution in [0.15, 0.2) is 35.5 Å². The predicted molar refractivity (Wildman–Crippen MR) is 110 cm³/mol. The van der Waals surface area contributed by atoms with Gasteiger partial charge in [-0.15, -0.1) is 11.3 Å². The second kappa shape index (κ2) is 9.58. The van der Waals surface area contributed by atoms with E-state index in [0.717, 1.165) is 54.7 Å². The van der Waals surface area contributed by atoms with Crippen LogP contribution in [0.25, 0.3) is 0 Å². The predicted octanol–water partition coefficient (Wildman–Crippen LogP) is 3.80. The van der Waals surface area contributed by atoms with Gasteiger partial charge in [0.2, 0.25) is 0 Å². The van der Waals surface area contributed by atoms with Crippen molar-refractivity contribution < 1.29 is 13.2 Å². The molecule has 1 atom stereocenters. The Balaban J connectivity index is 1.52. The lowest BCUT2D eigenvalue weighted by Gasteiger charge is -2.19. The Bertz CT molecular complexity index is 816. The van der Waals surface area contributed by atoms with Crippen LogP contribution in [0.1, 0.15) is 34.4 Å². The Labute approximate surface area is 173 Å². The second-order valence-electron chi connectivity index (χ2n) is 7.12. The molecule has 29 heavy (non-hydrogen) atoms. The molecule has 0 radical (unpaired) electrons. The number of alkyl halides is 3. The van der Waals surface area contributed by atoms with E-state index in [9.17, 15) is 13.2 Å². The minimum atomic E-state index is -4.29. The first-order chi connectivity index (χ1) is 13.8. The van der Waals surface area contributed by atoms with Crippen molar-refractivity contribution in [2.24, 2.45) is 4.99 Å². The number of aliphatic imine (C=N–C) groups is 1. The van der Waals surface area contributed by atoms with E-state index in [-0.39, 0.29) is 6.04 Å². The van der Waals surface area contributed by atoms with Crippen molar-refractivity contribution in [3.05, 3.63) is 51.5 Å². The molecule has 1 unspecified atom stereocenters. The van der Waals surface area contributed by atoms with Crippen LogP contribution < -0.4 is 10.6 Å². The number of likely N-dealkylation sites (tertiary alicyclic amines) is 1. The Morgan fingerprint density at radius 2 is 2.07 bits per heavy atom. The Morgan fingerprint density at radius 3 is 2.69 bits per heavy atom. The van der Waals surface area contributed by atoms with Crippen LogP contribution in [-0.4, -0.2) is 41.5 Å². The summed E-state index contributed by atoms with van der Waals surface area (Å²) in [6, 6.07) is 5.67. The van der Waals surface area contributed by atoms with Crippen LogP contribution in [0.4, 0.5) is 13.2 Å². The summed E-state index contributed by atoms with van der Waals surface area (Å²) in [6.07, 6.45) is -1.48. The number of rotatable bonds is 6. The van der Waals surface area contributed by atoms with Gasteiger partial charge in [0, 0.05) is 43.3 Å². The Hall–Kier alpha value is -2.13. The molecule has 2 aromatic rings. The molecule has 2 N–H and O–H groups in total. The summed E-state index contributed by atoms with van der Waals surface area (Å²) < 4.78 is 38.1. The zero-order valence-electron chi connectivity index (χ0n) is 16.6. The molecule has 0 spiro atoms. The molecule has 0 saturated carbocycles. The fraction of sp³-hybridized carbons (Fsp3) is 0.500. The molecular formula is C20H26F3N5S. The van der Waals surface area contributed by atoms with Crippen molar-refractivity contribution in [2.45, 2.75) is 45.6 Å². The van der Waals surface area contributed by atoms with E-state index < -0.39 is 11.7 Å². The van der Waals surface area contributed by atoms with Crippen molar-refractivity contribution in [3.8, 4) is 0 Å². The molecule has 0 aliphatic carbocycles. The Kier molecular flexibility index (Phi) is 7.13. The molecule has 5 nitrogen and oxygen atoms in total. The number of halogens is 3. The molecule has 1 fully saturated rings. The van der Waals surface area contributed by atoms with Crippen molar-refractivity contribution in [2.75, 3.05) is 19.6 Å². The van der Waals surface area contributed by atoms with Crippen LogP contribution in [0.5, 0.6) is 0 Å². The number of hydrogen-bond acceptors (Lipinski definition) is 4. The van der Waals surface area contributed by atoms with Gasteiger partial charge in [-0.05, 0) is 38.0 Å². The van der Waals surface area contributed by atoms with Crippen molar-refractivity contribution in [1.82, 2.24) is 20.5 Å². The van der Waals surface area contributed by atoms with E-state index in [1.807, 2.05) is 20.0 Å². The fourth-order valence-corrected chi connectivity index (χ4v) is 4.00. The summed E-state index contributed by atoms with van der Waals surface area (Å²) in [4.78, 5) is 12.4. The summed E-state index contributed by atoms with van der Waals surface area (Å²) in [7, 11) is 0. The molecule has 3 rings (SSSR count). The zero-order valence-corrected chi connectivity index (χ0v) is 17.4. The minimum absolute atomic E-state index is 0.250. The number of thiazole rings is 1. The van der Waals surface area contributed by atoms with Gasteiger partial charge in [-0.25, -0.2) is 9.98 Å². The average molecular weight is 426 g/mol. The standard InChI is InChI=1S/C20H26F3N5S/c1-3-24-19(26-11-18-25-10-14(2)29-18)27-17-8-9-28(13-17)12-15-4-6-16(7-5-15)20(21,22)23/h4-7,10,17H,3,8-9,11-13H2,1-2H3,(H2,24,26,27). The summed E-state index contributed by atoms with van der Waals surface area (Å²) in [5, 5.41) is 7.71. The van der Waals surface area contributed by atoms with Crippen LogP contribution in [0.2, 0.25) is 0 Å². The molecule has 2 heterocycles. The molecule has 9 heteroatoms. The van der Waals surface area contributed by atoms with Gasteiger partial charge in [0.05, 0.1) is 12.1 Å². The summed E-state index contributed by atoms with van der Waals surface area (Å²) in [5.41, 5.74) is 0.280. The largest absolute Gasteiger partial charge is 0.416 e. The number of aromatic nitrogens is 1. The van der Waals surface area contributed by atoms with Crippen molar-refractivity contribution in [3.63, 3.8) is 0 Å². The van der Waals surface area contributed by atoms with Crippen molar-refractivity contribution in [1.29, 1.82) is 0 Å². The van der Waals surface area contributed by atoms with Crippen molar-refractivity contribution >= 4 is 17.3 Å². The summed E-state index contributed by atoms with van der Waals surface area (Å²) in [6.45, 7) is 7.71. The lowest BCUT2D eigenvalue weighted by Crippen LogP contribution is -2.44. The molecule has 1 aliphatic heterocycles. The number of nitrogens with zero attached hydrogens (tertiary/aromatic N) is 3. The van der Waals surface area contributed by atoms with Gasteiger partial charge in [-0.1, -0.05) is 12.1 Å². The molecule has 1 aliphatic rings. The first kappa shape index (κ1) is 21.6. The van der Waals surface area contributed by atoms with Gasteiger partial charge in [0.1, 0.15) is 5.01 Å². The lowest BCUT2D eigenvalue weighted by atomic mass is 10.1. The average Bonchev–Trinajstić information content (AvgIpc) is 3.28. The molecule has 1 saturated heterocycles. The molecule has 158 valence electrons. The molecule has 1 aromatic carbocycles. The van der Waals surface area contributed by atoms with Crippen LogP contribution in [0.3, 0.4) is 0 Å². The normalized spacial score (nSPS) is 18.2. The molecule has 1 aromatic heterocycles. The maximum absolute atomic E-state index is 12.7. The van der Waals surface area contributed by atoms with Gasteiger partial charge in [0.25, 0.3) is 0 Å². The highest BCUT2D eigenvalue weighted by atomic mass is 32.1. The molecule has 0 bridgehead atoms. The number of benzene rings is 1. The van der Waals surface area contributed by atoms with Gasteiger partial charge >= 0.3 is 6.18 Å². The first-order valence-corrected chi connectivity index (χ1v) is 10.5. The molecule has 0 amide bonds. The van der Waals surface area contributed by atoms with E-state index >= 15 is 0 Å². The summed E-state index contributed by atoms with van der Waals surface area (Å²) >= 11 is 1.64. The van der Waals surface area contributed by atoms with E-state index in [1.165, 1.54) is 4.88 Å². The SMILES string of the molecule is CCNC(=NCc1ncc(C)s1)NC1CCN(Cc2ccc(C(F)(F)F)cc2)C1. The first-order valence-electron chi connectivity index (χ1n) is 9.68. The number of aryl methyl sites for hydroxylation is 1. The van der Waals surface area contributed by atoms with Gasteiger partial charge in [-0.2, -0.15) is 13.2 Å². The van der Waals surface area contributed by atoms with E-state index in [2.05, 4.69) is 25.5 Å². The molecular weight excluding hydrogens is 399 g/mol. The smallest absolute Gasteiger partial charge is 0.357 e. The van der Waals surface area contributed by atoms with E-state index in [1.54, 1.807) is 23.5 Å². The highest BCUT2D eigenvalue weighted by molar-refractivity contribution is 7.11. The van der Waals surface area contributed by atoms with Gasteiger partial charge in [-0.3, -0.25) is 4.90 Å². The fourth-order valence-electron chi connectivity index (χ4n) is 3.29. The number of nitrogens with one attached hydrogen (secondary N) is 2. The van der Waals surface area contributed by atoms with E-state index in [0.29, 0.717) is 13.1 Å². The zero-order chi connectivity index (χ0) is 20.9. The highest BCUT2D eigenvalue weighted by Crippen LogP contribution is 2.29. The van der Waals surface area contributed by atoms with Gasteiger partial charge in [0.15, 0.2) is 5.96 Å². The van der Waals surface area contributed by atoms with Crippen LogP contribution in [0, 0.1) is 6.92 Å². The van der Waals surface area contributed by atoms with Crippen LogP contribution >= 0.6 is 11.3 Å². The third-order valence-corrected chi connectivity index (χ3v) is 5.58. The van der Waals surface area contributed by atoms with E-state index in [4.69, 9.17) is 0 Å². The lowest BCUT2D eigenvalue weighted by molar-refractivity contribution is -0.137. The summed E-state index contributed by atoms with van der Waals surface area (Å²) in [5.74, 6) is 0.765. The quantitative estimate of drug-likeness (QED) is 0.546. The van der Waals surface area contributed by atoms with Crippen LogP contribution in [-0.2, 0) is 19.3 Å². The maximum atomic E-state index is 12.7. The topological polar surface area (TPSA) is 52.6 Å².